The third-order valence-corrected chi connectivity index (χ3v) is 5.26. The van der Waals surface area contributed by atoms with Gasteiger partial charge >= 0.3 is 6.18 Å². The highest BCUT2D eigenvalue weighted by Crippen LogP contribution is 2.30. The van der Waals surface area contributed by atoms with E-state index < -0.39 is 27.7 Å². The Morgan fingerprint density at radius 3 is 2.23 bits per heavy atom. The van der Waals surface area contributed by atoms with Crippen LogP contribution in [0.1, 0.15) is 21.5 Å². The normalized spacial score (nSPS) is 11.7. The maximum Gasteiger partial charge on any atom is 0.416 e. The summed E-state index contributed by atoms with van der Waals surface area (Å²) >= 11 is 0. The zero-order valence-corrected chi connectivity index (χ0v) is 16.3. The number of anilines is 2. The first-order valence-corrected chi connectivity index (χ1v) is 9.93. The van der Waals surface area contributed by atoms with Gasteiger partial charge in [0.1, 0.15) is 0 Å². The summed E-state index contributed by atoms with van der Waals surface area (Å²) in [6.45, 7) is 1.82. The summed E-state index contributed by atoms with van der Waals surface area (Å²) in [5.41, 5.74) is -0.136. The highest BCUT2D eigenvalue weighted by atomic mass is 32.2. The molecule has 30 heavy (non-hydrogen) atoms. The highest BCUT2D eigenvalue weighted by molar-refractivity contribution is 7.92. The Balaban J connectivity index is 1.71. The van der Waals surface area contributed by atoms with Crippen LogP contribution in [0.15, 0.2) is 65.8 Å². The number of amides is 1. The summed E-state index contributed by atoms with van der Waals surface area (Å²) < 4.78 is 65.1. The fourth-order valence-corrected chi connectivity index (χ4v) is 3.33. The molecule has 2 N–H and O–H groups in total. The number of aryl methyl sites for hydroxylation is 1. The molecule has 0 radical (unpaired) electrons. The van der Waals surface area contributed by atoms with E-state index in [2.05, 4.69) is 20.0 Å². The number of carbonyl (C=O) groups excluding carboxylic acids is 1. The molecule has 3 aromatic rings. The third kappa shape index (κ3) is 5.11. The molecule has 1 amide bonds. The zero-order valence-electron chi connectivity index (χ0n) is 15.4. The highest BCUT2D eigenvalue weighted by Gasteiger charge is 2.30. The average Bonchev–Trinajstić information content (AvgIpc) is 2.68. The molecule has 0 fully saturated rings. The molecule has 0 aliphatic carbocycles. The van der Waals surface area contributed by atoms with Gasteiger partial charge in [0.05, 0.1) is 16.0 Å². The molecule has 0 bridgehead atoms. The smallest absolute Gasteiger partial charge is 0.322 e. The molecule has 1 aromatic heterocycles. The summed E-state index contributed by atoms with van der Waals surface area (Å²) in [6.07, 6.45) is -2.42. The van der Waals surface area contributed by atoms with Crippen LogP contribution in [0.4, 0.5) is 24.8 Å². The first-order valence-electron chi connectivity index (χ1n) is 8.45. The summed E-state index contributed by atoms with van der Waals surface area (Å²) in [4.78, 5) is 19.8. The Labute approximate surface area is 170 Å². The van der Waals surface area contributed by atoms with Crippen LogP contribution in [0, 0.1) is 6.92 Å². The van der Waals surface area contributed by atoms with Crippen molar-refractivity contribution in [3.8, 4) is 0 Å². The van der Waals surface area contributed by atoms with Gasteiger partial charge in [0.25, 0.3) is 15.9 Å². The molecule has 0 atom stereocenters. The fourth-order valence-electron chi connectivity index (χ4n) is 2.37. The van der Waals surface area contributed by atoms with E-state index in [-0.39, 0.29) is 22.1 Å². The molecule has 2 aromatic carbocycles. The van der Waals surface area contributed by atoms with Gasteiger partial charge in [0.15, 0.2) is 0 Å². The molecule has 3 rings (SSSR count). The summed E-state index contributed by atoms with van der Waals surface area (Å²) in [6, 6.07) is 10.3. The molecule has 7 nitrogen and oxygen atoms in total. The van der Waals surface area contributed by atoms with Crippen LogP contribution < -0.4 is 10.0 Å². The molecule has 156 valence electrons. The van der Waals surface area contributed by atoms with Crippen molar-refractivity contribution in [3.63, 3.8) is 0 Å². The average molecular weight is 436 g/mol. The first-order chi connectivity index (χ1) is 14.0. The van der Waals surface area contributed by atoms with Crippen molar-refractivity contribution in [2.75, 3.05) is 10.0 Å². The Hall–Kier alpha value is -3.47. The van der Waals surface area contributed by atoms with E-state index in [4.69, 9.17) is 0 Å². The Bertz CT molecular complexity index is 1160. The number of carbonyl (C=O) groups is 1. The quantitative estimate of drug-likeness (QED) is 0.633. The largest absolute Gasteiger partial charge is 0.416 e. The van der Waals surface area contributed by atoms with Gasteiger partial charge in [0.2, 0.25) is 5.95 Å². The number of nitrogens with one attached hydrogen (secondary N) is 2. The van der Waals surface area contributed by atoms with E-state index in [9.17, 15) is 26.4 Å². The van der Waals surface area contributed by atoms with Gasteiger partial charge in [-0.1, -0.05) is 23.8 Å². The molecular formula is C19H15F3N4O3S. The van der Waals surface area contributed by atoms with Gasteiger partial charge < -0.3 is 5.32 Å². The second-order valence-corrected chi connectivity index (χ2v) is 7.93. The van der Waals surface area contributed by atoms with Crippen molar-refractivity contribution < 1.29 is 26.4 Å². The van der Waals surface area contributed by atoms with Crippen molar-refractivity contribution in [3.05, 3.63) is 77.6 Å². The Morgan fingerprint density at radius 1 is 1.00 bits per heavy atom. The predicted octanol–water partition coefficient (Wildman–Crippen LogP) is 3.86. The van der Waals surface area contributed by atoms with Crippen LogP contribution in [0.5, 0.6) is 0 Å². The van der Waals surface area contributed by atoms with Gasteiger partial charge in [-0.15, -0.1) is 0 Å². The minimum atomic E-state index is -4.54. The summed E-state index contributed by atoms with van der Waals surface area (Å²) in [5.74, 6) is -1.01. The van der Waals surface area contributed by atoms with Crippen molar-refractivity contribution in [1.82, 2.24) is 9.97 Å². The number of benzene rings is 2. The zero-order chi connectivity index (χ0) is 21.9. The van der Waals surface area contributed by atoms with Crippen molar-refractivity contribution in [2.45, 2.75) is 18.0 Å². The second kappa shape index (κ2) is 8.11. The van der Waals surface area contributed by atoms with Crippen molar-refractivity contribution in [1.29, 1.82) is 0 Å². The monoisotopic (exact) mass is 436 g/mol. The topological polar surface area (TPSA) is 101 Å². The summed E-state index contributed by atoms with van der Waals surface area (Å²) in [7, 11) is -3.91. The van der Waals surface area contributed by atoms with Gasteiger partial charge in [0, 0.05) is 18.1 Å². The van der Waals surface area contributed by atoms with Gasteiger partial charge in [-0.3, -0.25) is 4.79 Å². The third-order valence-electron chi connectivity index (χ3n) is 3.92. The van der Waals surface area contributed by atoms with Crippen LogP contribution in [0.2, 0.25) is 0 Å². The fraction of sp³-hybridized carbons (Fsp3) is 0.105. The lowest BCUT2D eigenvalue weighted by Crippen LogP contribution is -2.17. The van der Waals surface area contributed by atoms with Crippen LogP contribution in [0.25, 0.3) is 0 Å². The molecular weight excluding hydrogens is 421 g/mol. The molecule has 1 heterocycles. The van der Waals surface area contributed by atoms with Crippen LogP contribution in [-0.4, -0.2) is 24.3 Å². The van der Waals surface area contributed by atoms with Gasteiger partial charge in [-0.05, 0) is 37.3 Å². The second-order valence-electron chi connectivity index (χ2n) is 6.25. The van der Waals surface area contributed by atoms with Gasteiger partial charge in [-0.2, -0.15) is 13.2 Å². The van der Waals surface area contributed by atoms with E-state index in [1.165, 1.54) is 18.2 Å². The maximum absolute atomic E-state index is 12.8. The van der Waals surface area contributed by atoms with Crippen LogP contribution >= 0.6 is 0 Å². The first kappa shape index (κ1) is 21.2. The number of alkyl halides is 3. The number of aromatic nitrogens is 2. The lowest BCUT2D eigenvalue weighted by Gasteiger charge is -2.10. The molecule has 0 spiro atoms. The van der Waals surface area contributed by atoms with Crippen molar-refractivity contribution in [2.24, 2.45) is 0 Å². The molecule has 0 saturated carbocycles. The minimum absolute atomic E-state index is 0.0167. The Morgan fingerprint density at radius 2 is 1.63 bits per heavy atom. The van der Waals surface area contributed by atoms with Gasteiger partial charge in [-0.25, -0.2) is 23.1 Å². The molecule has 0 aliphatic heterocycles. The molecule has 0 unspecified atom stereocenters. The minimum Gasteiger partial charge on any atom is -0.322 e. The van der Waals surface area contributed by atoms with Crippen molar-refractivity contribution >= 4 is 27.6 Å². The number of nitrogens with zero attached hydrogens (tertiary/aromatic N) is 2. The van der Waals surface area contributed by atoms with E-state index >= 15 is 0 Å². The number of hydrogen-bond acceptors (Lipinski definition) is 5. The molecule has 0 saturated heterocycles. The standard InChI is InChI=1S/C19H15F3N4O3S/c1-12-5-7-16(8-6-12)30(28,29)26-18-23-10-13(11-24-18)17(27)25-15-4-2-3-14(9-15)19(20,21)22/h2-11H,1H3,(H,25,27)(H,23,24,26). The van der Waals surface area contributed by atoms with E-state index in [0.717, 1.165) is 36.2 Å². The number of rotatable bonds is 5. The predicted molar refractivity (Wildman–Crippen MR) is 103 cm³/mol. The molecule has 11 heteroatoms. The van der Waals surface area contributed by atoms with E-state index in [1.807, 2.05) is 6.92 Å². The Kier molecular flexibility index (Phi) is 5.74. The SMILES string of the molecule is Cc1ccc(S(=O)(=O)Nc2ncc(C(=O)Nc3cccc(C(F)(F)F)c3)cn2)cc1. The number of hydrogen-bond donors (Lipinski definition) is 2. The molecule has 0 aliphatic rings. The lowest BCUT2D eigenvalue weighted by molar-refractivity contribution is -0.137. The number of halogens is 3. The maximum atomic E-state index is 12.8. The van der Waals surface area contributed by atoms with E-state index in [0.29, 0.717) is 0 Å². The summed E-state index contributed by atoms with van der Waals surface area (Å²) in [5, 5.41) is 2.31. The van der Waals surface area contributed by atoms with Crippen LogP contribution in [0.3, 0.4) is 0 Å². The lowest BCUT2D eigenvalue weighted by atomic mass is 10.2. The van der Waals surface area contributed by atoms with Crippen LogP contribution in [-0.2, 0) is 16.2 Å². The van der Waals surface area contributed by atoms with E-state index in [1.54, 1.807) is 12.1 Å². The number of sulfonamides is 1.